The molecule has 1 atom stereocenters. The van der Waals surface area contributed by atoms with E-state index >= 15 is 4.39 Å². The fourth-order valence-corrected chi connectivity index (χ4v) is 5.32. The number of carbonyl (C=O) groups excluding carboxylic acids is 1. The van der Waals surface area contributed by atoms with E-state index in [-0.39, 0.29) is 46.2 Å². The molecule has 0 saturated carbocycles. The van der Waals surface area contributed by atoms with E-state index in [0.29, 0.717) is 10.6 Å². The Bertz CT molecular complexity index is 1550. The van der Waals surface area contributed by atoms with Crippen molar-refractivity contribution in [2.75, 3.05) is 10.7 Å². The summed E-state index contributed by atoms with van der Waals surface area (Å²) in [5, 5.41) is 11.7. The molecule has 0 fully saturated rings. The molecule has 1 aliphatic heterocycles. The molecule has 0 saturated heterocycles. The minimum Gasteiger partial charge on any atom is -0.417 e. The molecule has 0 spiro atoms. The molecule has 1 amide bonds. The number of nitrogens with two attached hydrogens (primary N) is 1. The molecule has 2 aromatic heterocycles. The average Bonchev–Trinajstić information content (AvgIpc) is 3.45. The van der Waals surface area contributed by atoms with E-state index in [0.717, 1.165) is 6.07 Å². The molecule has 2 N–H and O–H groups in total. The predicted molar refractivity (Wildman–Crippen MR) is 120 cm³/mol. The van der Waals surface area contributed by atoms with Crippen LogP contribution >= 0.6 is 11.6 Å². The Balaban J connectivity index is 1.64. The molecule has 2 aromatic carbocycles. The van der Waals surface area contributed by atoms with Gasteiger partial charge in [-0.15, -0.1) is 10.2 Å². The summed E-state index contributed by atoms with van der Waals surface area (Å²) in [5.74, 6) is -2.42. The molecular formula is C21H16ClFN6O5S. The van der Waals surface area contributed by atoms with E-state index in [2.05, 4.69) is 20.3 Å². The minimum atomic E-state index is -4.10. The molecule has 4 aromatic rings. The lowest BCUT2D eigenvalue weighted by Crippen LogP contribution is -2.45. The largest absolute Gasteiger partial charge is 0.417 e. The summed E-state index contributed by atoms with van der Waals surface area (Å²) < 4.78 is 51.4. The van der Waals surface area contributed by atoms with Gasteiger partial charge in [-0.25, -0.2) is 12.8 Å². The molecule has 0 bridgehead atoms. The number of nitrogens with zero attached hydrogens (tertiary/aromatic N) is 5. The van der Waals surface area contributed by atoms with Gasteiger partial charge in [0.2, 0.25) is 17.6 Å². The van der Waals surface area contributed by atoms with Crippen LogP contribution in [0, 0.1) is 12.7 Å². The Kier molecular flexibility index (Phi) is 5.62. The Hall–Kier alpha value is -3.68. The van der Waals surface area contributed by atoms with Crippen LogP contribution in [0.1, 0.15) is 11.5 Å². The molecule has 35 heavy (non-hydrogen) atoms. The number of halogens is 2. The van der Waals surface area contributed by atoms with Crippen LogP contribution in [0.15, 0.2) is 50.2 Å². The summed E-state index contributed by atoms with van der Waals surface area (Å²) in [7, 11) is -4.10. The zero-order valence-corrected chi connectivity index (χ0v) is 19.5. The van der Waals surface area contributed by atoms with Gasteiger partial charge < -0.3 is 19.6 Å². The third-order valence-corrected chi connectivity index (χ3v) is 7.33. The van der Waals surface area contributed by atoms with Crippen molar-refractivity contribution in [3.05, 3.63) is 58.7 Å². The zero-order valence-electron chi connectivity index (χ0n) is 18.0. The maximum Gasteiger partial charge on any atom is 0.315 e. The SMILES string of the molecule is Cc1nnc(-c2nc(-c3cc4c(cc3F)S(=O)(=O)C[C@H](N)C(=O)N4Cc3ccc(Cl)cc3)no2)o1. The van der Waals surface area contributed by atoms with Gasteiger partial charge in [0.15, 0.2) is 9.84 Å². The number of carbonyl (C=O) groups is 1. The second kappa shape index (κ2) is 8.52. The molecule has 1 aliphatic rings. The summed E-state index contributed by atoms with van der Waals surface area (Å²) in [5.41, 5.74) is 6.30. The molecule has 0 unspecified atom stereocenters. The van der Waals surface area contributed by atoms with Crippen LogP contribution < -0.4 is 10.6 Å². The molecule has 0 radical (unpaired) electrons. The molecule has 0 aliphatic carbocycles. The third kappa shape index (κ3) is 4.29. The van der Waals surface area contributed by atoms with E-state index in [1.165, 1.54) is 11.0 Å². The highest BCUT2D eigenvalue weighted by molar-refractivity contribution is 7.91. The van der Waals surface area contributed by atoms with Crippen LogP contribution in [-0.2, 0) is 21.2 Å². The standard InChI is InChI=1S/C21H16ClFN6O5S/c1-10-26-27-20(33-10)19-25-18(28-34-19)13-6-16-17(7-14(13)23)35(31,32)9-15(24)21(30)29(16)8-11-2-4-12(22)5-3-11/h2-7,15H,8-9,24H2,1H3/t15-/m0/s1. The van der Waals surface area contributed by atoms with Crippen molar-refractivity contribution >= 4 is 33.0 Å². The number of amides is 1. The average molecular weight is 519 g/mol. The Morgan fingerprint density at radius 3 is 2.63 bits per heavy atom. The van der Waals surface area contributed by atoms with Crippen LogP contribution in [0.5, 0.6) is 0 Å². The van der Waals surface area contributed by atoms with Crippen LogP contribution in [0.4, 0.5) is 10.1 Å². The maximum atomic E-state index is 15.2. The highest BCUT2D eigenvalue weighted by atomic mass is 35.5. The first-order valence-corrected chi connectivity index (χ1v) is 12.2. The number of anilines is 1. The van der Waals surface area contributed by atoms with Gasteiger partial charge in [0.25, 0.3) is 0 Å². The normalized spacial score (nSPS) is 17.3. The van der Waals surface area contributed by atoms with E-state index < -0.39 is 33.4 Å². The number of benzene rings is 2. The second-order valence-electron chi connectivity index (χ2n) is 7.79. The fraction of sp³-hybridized carbons (Fsp3) is 0.190. The van der Waals surface area contributed by atoms with Crippen LogP contribution in [0.2, 0.25) is 5.02 Å². The van der Waals surface area contributed by atoms with Gasteiger partial charge >= 0.3 is 11.8 Å². The lowest BCUT2D eigenvalue weighted by Gasteiger charge is -2.24. The van der Waals surface area contributed by atoms with Gasteiger partial charge in [-0.05, 0) is 29.8 Å². The zero-order chi connectivity index (χ0) is 24.9. The van der Waals surface area contributed by atoms with Gasteiger partial charge in [-0.1, -0.05) is 28.9 Å². The Morgan fingerprint density at radius 1 is 1.20 bits per heavy atom. The lowest BCUT2D eigenvalue weighted by atomic mass is 10.1. The molecule has 180 valence electrons. The smallest absolute Gasteiger partial charge is 0.315 e. The summed E-state index contributed by atoms with van der Waals surface area (Å²) in [6, 6.07) is 7.29. The molecule has 3 heterocycles. The summed E-state index contributed by atoms with van der Waals surface area (Å²) in [6.07, 6.45) is 0. The van der Waals surface area contributed by atoms with E-state index in [1.807, 2.05) is 0 Å². The first-order valence-electron chi connectivity index (χ1n) is 10.1. The van der Waals surface area contributed by atoms with E-state index in [9.17, 15) is 13.2 Å². The predicted octanol–water partition coefficient (Wildman–Crippen LogP) is 2.54. The first-order chi connectivity index (χ1) is 16.6. The fourth-order valence-electron chi connectivity index (χ4n) is 3.63. The number of sulfone groups is 1. The van der Waals surface area contributed by atoms with E-state index in [4.69, 9.17) is 26.3 Å². The highest BCUT2D eigenvalue weighted by Crippen LogP contribution is 2.37. The third-order valence-electron chi connectivity index (χ3n) is 5.29. The molecule has 5 rings (SSSR count). The summed E-state index contributed by atoms with van der Waals surface area (Å²) >= 11 is 5.95. The molecule has 14 heteroatoms. The summed E-state index contributed by atoms with van der Waals surface area (Å²) in [6.45, 7) is 1.54. The van der Waals surface area contributed by atoms with Crippen molar-refractivity contribution in [3.63, 3.8) is 0 Å². The lowest BCUT2D eigenvalue weighted by molar-refractivity contribution is -0.119. The highest BCUT2D eigenvalue weighted by Gasteiger charge is 2.37. The monoisotopic (exact) mass is 518 g/mol. The van der Waals surface area contributed by atoms with Gasteiger partial charge in [0.05, 0.1) is 34.5 Å². The quantitative estimate of drug-likeness (QED) is 0.425. The first kappa shape index (κ1) is 23.1. The minimum absolute atomic E-state index is 0.0317. The maximum absolute atomic E-state index is 15.2. The molecular weight excluding hydrogens is 503 g/mol. The number of fused-ring (bicyclic) bond motifs is 1. The number of rotatable bonds is 4. The van der Waals surface area contributed by atoms with Crippen LogP contribution in [0.3, 0.4) is 0 Å². The van der Waals surface area contributed by atoms with Gasteiger partial charge in [0, 0.05) is 11.9 Å². The number of hydrogen-bond donors (Lipinski definition) is 1. The topological polar surface area (TPSA) is 158 Å². The number of aromatic nitrogens is 4. The van der Waals surface area contributed by atoms with Crippen molar-refractivity contribution in [2.45, 2.75) is 24.4 Å². The molecule has 11 nitrogen and oxygen atoms in total. The van der Waals surface area contributed by atoms with Crippen molar-refractivity contribution in [1.82, 2.24) is 20.3 Å². The van der Waals surface area contributed by atoms with Crippen molar-refractivity contribution < 1.29 is 26.5 Å². The Labute approximate surface area is 202 Å². The van der Waals surface area contributed by atoms with Gasteiger partial charge in [-0.3, -0.25) is 4.79 Å². The van der Waals surface area contributed by atoms with Crippen LogP contribution in [0.25, 0.3) is 23.2 Å². The summed E-state index contributed by atoms with van der Waals surface area (Å²) in [4.78, 5) is 18.0. The van der Waals surface area contributed by atoms with Crippen molar-refractivity contribution in [2.24, 2.45) is 5.73 Å². The van der Waals surface area contributed by atoms with Gasteiger partial charge in [0.1, 0.15) is 5.82 Å². The van der Waals surface area contributed by atoms with E-state index in [1.54, 1.807) is 31.2 Å². The number of hydrogen-bond acceptors (Lipinski definition) is 10. The Morgan fingerprint density at radius 2 is 1.94 bits per heavy atom. The van der Waals surface area contributed by atoms with Crippen molar-refractivity contribution in [3.8, 4) is 23.2 Å². The van der Waals surface area contributed by atoms with Crippen molar-refractivity contribution in [1.29, 1.82) is 0 Å². The number of aryl methyl sites for hydroxylation is 1. The van der Waals surface area contributed by atoms with Gasteiger partial charge in [-0.2, -0.15) is 4.98 Å². The van der Waals surface area contributed by atoms with Crippen LogP contribution in [-0.4, -0.2) is 46.5 Å². The second-order valence-corrected chi connectivity index (χ2v) is 10.2.